The van der Waals surface area contributed by atoms with Crippen molar-refractivity contribution in [3.8, 4) is 17.1 Å². The Morgan fingerprint density at radius 2 is 1.95 bits per heavy atom. The van der Waals surface area contributed by atoms with E-state index in [2.05, 4.69) is 25.1 Å². The molecule has 0 aliphatic carbocycles. The molecule has 1 aliphatic rings. The number of amides is 1. The number of likely N-dealkylation sites (tertiary alicyclic amines) is 1. The van der Waals surface area contributed by atoms with Gasteiger partial charge in [0, 0.05) is 25.1 Å². The van der Waals surface area contributed by atoms with Crippen LogP contribution < -0.4 is 10.1 Å². The molecule has 2 aromatic heterocycles. The molecule has 206 valence electrons. The topological polar surface area (TPSA) is 141 Å². The van der Waals surface area contributed by atoms with Gasteiger partial charge in [-0.1, -0.05) is 18.2 Å². The van der Waals surface area contributed by atoms with Crippen LogP contribution in [0, 0.1) is 5.92 Å². The maximum atomic E-state index is 12.3. The third-order valence-electron chi connectivity index (χ3n) is 6.12. The van der Waals surface area contributed by atoms with Crippen molar-refractivity contribution in [1.29, 1.82) is 0 Å². The Balaban J connectivity index is 1.27. The predicted octanol–water partition coefficient (Wildman–Crippen LogP) is 2.70. The number of piperidine rings is 1. The number of methoxy groups -OCH3 is 1. The van der Waals surface area contributed by atoms with Gasteiger partial charge >= 0.3 is 12.0 Å². The van der Waals surface area contributed by atoms with Gasteiger partial charge in [-0.25, -0.2) is 25.2 Å². The number of carbonyl (C=O) groups is 1. The maximum absolute atomic E-state index is 12.3. The van der Waals surface area contributed by atoms with Gasteiger partial charge in [0.15, 0.2) is 17.4 Å². The van der Waals surface area contributed by atoms with Gasteiger partial charge in [-0.3, -0.25) is 5.10 Å². The largest absolute Gasteiger partial charge is 0.490 e. The second-order valence-electron chi connectivity index (χ2n) is 10.4. The van der Waals surface area contributed by atoms with Crippen molar-refractivity contribution in [2.24, 2.45) is 5.92 Å². The predicted molar refractivity (Wildman–Crippen MR) is 146 cm³/mol. The summed E-state index contributed by atoms with van der Waals surface area (Å²) in [6.07, 6.45) is 8.74. The van der Waals surface area contributed by atoms with Crippen molar-refractivity contribution in [3.05, 3.63) is 59.9 Å². The Bertz CT molecular complexity index is 1290. The van der Waals surface area contributed by atoms with Gasteiger partial charge < -0.3 is 19.1 Å². The molecule has 0 radical (unpaired) electrons. The normalized spacial score (nSPS) is 14.4. The Labute approximate surface area is 228 Å². The molecule has 1 saturated heterocycles. The number of nitrogens with two attached hydrogens (primary N) is 1. The summed E-state index contributed by atoms with van der Waals surface area (Å²) in [5, 5.41) is 12.7. The fourth-order valence-corrected chi connectivity index (χ4v) is 4.06. The fourth-order valence-electron chi connectivity index (χ4n) is 4.06. The first-order valence-electron chi connectivity index (χ1n) is 13.0. The van der Waals surface area contributed by atoms with Gasteiger partial charge in [0.1, 0.15) is 11.4 Å². The molecule has 3 N–H and O–H groups in total. The standard InChI is InChI=1S/C28H35N7O4/c1-28(2,3)39-27(36)35-12-10-19(11-13-35)18-38-22-16-30-26(31-17-22)21-7-5-6-20(14-21)15-25-32-24(33-34-25)9-8-23(29)37-4/h5-9,14,16-17,19,29H,10-13,15,18H2,1-4H3,(H,32,33,34)/p+1/b9-8-,29-23?. The molecule has 0 bridgehead atoms. The van der Waals surface area contributed by atoms with Crippen LogP contribution in [0.1, 0.15) is 50.8 Å². The van der Waals surface area contributed by atoms with Crippen molar-refractivity contribution in [2.75, 3.05) is 26.8 Å². The second kappa shape index (κ2) is 12.5. The Morgan fingerprint density at radius 3 is 2.64 bits per heavy atom. The zero-order valence-corrected chi connectivity index (χ0v) is 22.9. The number of nitrogens with one attached hydrogen (secondary N) is 1. The number of H-pyrrole nitrogens is 1. The van der Waals surface area contributed by atoms with E-state index in [1.54, 1.807) is 29.4 Å². The summed E-state index contributed by atoms with van der Waals surface area (Å²) in [4.78, 5) is 27.5. The van der Waals surface area contributed by atoms with Crippen molar-refractivity contribution in [1.82, 2.24) is 30.0 Å². The van der Waals surface area contributed by atoms with E-state index in [0.29, 0.717) is 49.4 Å². The Hall–Kier alpha value is -4.28. The van der Waals surface area contributed by atoms with Crippen molar-refractivity contribution < 1.29 is 24.4 Å². The zero-order valence-electron chi connectivity index (χ0n) is 22.9. The SMILES string of the molecule is COC(=[NH2+])/C=C\c1n[nH]c(Cc2cccc(-c3ncc(OCC4CCN(C(=O)OC(C)(C)C)CC4)cn3)c2)n1. The van der Waals surface area contributed by atoms with Crippen LogP contribution in [0.25, 0.3) is 17.5 Å². The summed E-state index contributed by atoms with van der Waals surface area (Å²) in [5.41, 5.74) is 1.46. The average molecular weight is 535 g/mol. The van der Waals surface area contributed by atoms with E-state index in [4.69, 9.17) is 19.6 Å². The summed E-state index contributed by atoms with van der Waals surface area (Å²) in [6, 6.07) is 7.98. The van der Waals surface area contributed by atoms with E-state index < -0.39 is 5.60 Å². The quantitative estimate of drug-likeness (QED) is 0.332. The first kappa shape index (κ1) is 27.7. The van der Waals surface area contributed by atoms with Crippen molar-refractivity contribution in [3.63, 3.8) is 0 Å². The molecule has 11 nitrogen and oxygen atoms in total. The van der Waals surface area contributed by atoms with E-state index in [1.807, 2.05) is 45.0 Å². The maximum Gasteiger partial charge on any atom is 0.410 e. The van der Waals surface area contributed by atoms with Gasteiger partial charge in [-0.05, 0) is 57.2 Å². The molecule has 3 heterocycles. The number of benzene rings is 1. The molecule has 4 rings (SSSR count). The molecule has 0 saturated carbocycles. The molecule has 1 aromatic carbocycles. The number of aromatic amines is 1. The van der Waals surface area contributed by atoms with Gasteiger partial charge in [0.25, 0.3) is 0 Å². The minimum Gasteiger partial charge on any atom is -0.490 e. The first-order valence-corrected chi connectivity index (χ1v) is 13.0. The first-order chi connectivity index (χ1) is 18.7. The summed E-state index contributed by atoms with van der Waals surface area (Å²) < 4.78 is 16.3. The highest BCUT2D eigenvalue weighted by atomic mass is 16.6. The van der Waals surface area contributed by atoms with Crippen molar-refractivity contribution >= 4 is 18.1 Å². The number of rotatable bonds is 8. The minimum absolute atomic E-state index is 0.250. The van der Waals surface area contributed by atoms with Crippen LogP contribution in [0.4, 0.5) is 4.79 Å². The third-order valence-corrected chi connectivity index (χ3v) is 6.12. The van der Waals surface area contributed by atoms with Crippen LogP contribution in [0.5, 0.6) is 5.75 Å². The molecule has 1 amide bonds. The third kappa shape index (κ3) is 8.36. The molecule has 0 atom stereocenters. The highest BCUT2D eigenvalue weighted by molar-refractivity contribution is 5.86. The highest BCUT2D eigenvalue weighted by Gasteiger charge is 2.27. The lowest BCUT2D eigenvalue weighted by atomic mass is 9.98. The molecule has 11 heteroatoms. The van der Waals surface area contributed by atoms with Crippen LogP contribution in [-0.4, -0.2) is 74.4 Å². The fraction of sp³-hybridized carbons (Fsp3) is 0.429. The van der Waals surface area contributed by atoms with Crippen LogP contribution in [0.2, 0.25) is 0 Å². The van der Waals surface area contributed by atoms with Gasteiger partial charge in [-0.2, -0.15) is 5.10 Å². The lowest BCUT2D eigenvalue weighted by Gasteiger charge is -2.33. The number of hydrogen-bond acceptors (Lipinski definition) is 8. The van der Waals surface area contributed by atoms with Crippen LogP contribution in [0.15, 0.2) is 42.7 Å². The molecular formula is C28H36N7O4+. The molecule has 1 aliphatic heterocycles. The lowest BCUT2D eigenvalue weighted by Crippen LogP contribution is -2.42. The van der Waals surface area contributed by atoms with Gasteiger partial charge in [0.2, 0.25) is 0 Å². The number of nitrogens with zero attached hydrogens (tertiary/aromatic N) is 5. The van der Waals surface area contributed by atoms with E-state index >= 15 is 0 Å². The van der Waals surface area contributed by atoms with E-state index in [0.717, 1.165) is 29.8 Å². The summed E-state index contributed by atoms with van der Waals surface area (Å²) >= 11 is 0. The molecule has 0 spiro atoms. The van der Waals surface area contributed by atoms with Gasteiger partial charge in [-0.15, -0.1) is 0 Å². The zero-order chi connectivity index (χ0) is 27.8. The van der Waals surface area contributed by atoms with E-state index in [-0.39, 0.29) is 12.0 Å². The monoisotopic (exact) mass is 534 g/mol. The van der Waals surface area contributed by atoms with Crippen molar-refractivity contribution in [2.45, 2.75) is 45.6 Å². The molecule has 1 fully saturated rings. The molecule has 0 unspecified atom stereocenters. The molecular weight excluding hydrogens is 498 g/mol. The number of hydrogen-bond donors (Lipinski definition) is 2. The number of ether oxygens (including phenoxy) is 3. The summed E-state index contributed by atoms with van der Waals surface area (Å²) in [7, 11) is 1.50. The van der Waals surface area contributed by atoms with Crippen LogP contribution in [-0.2, 0) is 15.9 Å². The van der Waals surface area contributed by atoms with Gasteiger partial charge in [0.05, 0.1) is 32.2 Å². The molecule has 39 heavy (non-hydrogen) atoms. The molecule has 3 aromatic rings. The van der Waals surface area contributed by atoms with Crippen LogP contribution in [0.3, 0.4) is 0 Å². The summed E-state index contributed by atoms with van der Waals surface area (Å²) in [6.45, 7) is 7.53. The average Bonchev–Trinajstić information content (AvgIpc) is 3.37. The second-order valence-corrected chi connectivity index (χ2v) is 10.4. The number of carbonyl (C=O) groups excluding carboxylic acids is 1. The lowest BCUT2D eigenvalue weighted by molar-refractivity contribution is -0.134. The Morgan fingerprint density at radius 1 is 1.21 bits per heavy atom. The summed E-state index contributed by atoms with van der Waals surface area (Å²) in [5.74, 6) is 3.13. The van der Waals surface area contributed by atoms with E-state index in [1.165, 1.54) is 7.11 Å². The minimum atomic E-state index is -0.484. The highest BCUT2D eigenvalue weighted by Crippen LogP contribution is 2.22. The Kier molecular flexibility index (Phi) is 8.90. The van der Waals surface area contributed by atoms with Crippen LogP contribution >= 0.6 is 0 Å². The smallest absolute Gasteiger partial charge is 0.410 e. The van der Waals surface area contributed by atoms with E-state index in [9.17, 15) is 4.79 Å². The number of aromatic nitrogens is 5.